The molecule has 2 rings (SSSR count). The number of rotatable bonds is 2. The number of benzene rings is 2. The summed E-state index contributed by atoms with van der Waals surface area (Å²) >= 11 is 0. The van der Waals surface area contributed by atoms with E-state index in [0.717, 1.165) is 11.1 Å². The number of hydrogen-bond donors (Lipinski definition) is 3. The van der Waals surface area contributed by atoms with Gasteiger partial charge in [0.05, 0.1) is 5.56 Å². The van der Waals surface area contributed by atoms with Gasteiger partial charge >= 0.3 is 0 Å². The van der Waals surface area contributed by atoms with Crippen LogP contribution < -0.4 is 5.32 Å². The van der Waals surface area contributed by atoms with E-state index in [1.165, 1.54) is 6.07 Å². The minimum Gasteiger partial charge on any atom is -0.507 e. The first kappa shape index (κ1) is 14.6. The van der Waals surface area contributed by atoms with E-state index in [2.05, 4.69) is 17.2 Å². The fourth-order valence-corrected chi connectivity index (χ4v) is 1.83. The van der Waals surface area contributed by atoms with Crippen LogP contribution in [0, 0.1) is 18.8 Å². The van der Waals surface area contributed by atoms with Gasteiger partial charge in [-0.1, -0.05) is 30.0 Å². The molecule has 3 N–H and O–H groups in total. The molecular weight excluding hydrogens is 266 g/mol. The molecule has 0 saturated carbocycles. The van der Waals surface area contributed by atoms with Crippen molar-refractivity contribution in [1.29, 1.82) is 0 Å². The molecule has 0 bridgehead atoms. The molecule has 4 heteroatoms. The highest BCUT2D eigenvalue weighted by Gasteiger charge is 2.10. The molecule has 0 heterocycles. The van der Waals surface area contributed by atoms with Crippen LogP contribution in [0.4, 0.5) is 5.69 Å². The minimum absolute atomic E-state index is 0.0672. The van der Waals surface area contributed by atoms with Crippen molar-refractivity contribution in [2.24, 2.45) is 0 Å². The molecule has 0 unspecified atom stereocenters. The van der Waals surface area contributed by atoms with Crippen molar-refractivity contribution >= 4 is 11.6 Å². The zero-order valence-corrected chi connectivity index (χ0v) is 11.6. The molecular formula is C17H15NO3. The van der Waals surface area contributed by atoms with Crippen LogP contribution in [-0.2, 0) is 0 Å². The van der Waals surface area contributed by atoms with Gasteiger partial charge in [0.15, 0.2) is 0 Å². The topological polar surface area (TPSA) is 69.6 Å². The van der Waals surface area contributed by atoms with Crippen LogP contribution in [0.3, 0.4) is 0 Å². The van der Waals surface area contributed by atoms with Gasteiger partial charge in [0.2, 0.25) is 0 Å². The monoisotopic (exact) mass is 281 g/mol. The molecule has 0 aromatic heterocycles. The lowest BCUT2D eigenvalue weighted by Crippen LogP contribution is -2.12. The van der Waals surface area contributed by atoms with Crippen LogP contribution in [-0.4, -0.2) is 22.7 Å². The van der Waals surface area contributed by atoms with Gasteiger partial charge in [-0.05, 0) is 36.8 Å². The first-order valence-electron chi connectivity index (χ1n) is 6.41. The van der Waals surface area contributed by atoms with Crippen molar-refractivity contribution in [3.05, 3.63) is 59.2 Å². The van der Waals surface area contributed by atoms with E-state index < -0.39 is 5.91 Å². The molecule has 0 fully saturated rings. The fraction of sp³-hybridized carbons (Fsp3) is 0.118. The van der Waals surface area contributed by atoms with Crippen LogP contribution in [0.1, 0.15) is 21.5 Å². The standard InChI is InChI=1S/C17H15NO3/c1-12-8-9-14(11-13(12)5-4-10-19)18-17(21)15-6-2-3-7-16(15)20/h2-3,6-9,11,19-20H,10H2,1H3,(H,18,21). The highest BCUT2D eigenvalue weighted by Crippen LogP contribution is 2.19. The molecule has 106 valence electrons. The van der Waals surface area contributed by atoms with Crippen molar-refractivity contribution in [2.75, 3.05) is 11.9 Å². The van der Waals surface area contributed by atoms with Gasteiger partial charge in [-0.2, -0.15) is 0 Å². The Hall–Kier alpha value is -2.77. The van der Waals surface area contributed by atoms with Crippen LogP contribution in [0.15, 0.2) is 42.5 Å². The third-order valence-corrected chi connectivity index (χ3v) is 2.95. The van der Waals surface area contributed by atoms with Crippen molar-refractivity contribution in [2.45, 2.75) is 6.92 Å². The van der Waals surface area contributed by atoms with E-state index in [1.54, 1.807) is 30.3 Å². The molecule has 2 aromatic rings. The van der Waals surface area contributed by atoms with Crippen molar-refractivity contribution in [1.82, 2.24) is 0 Å². The smallest absolute Gasteiger partial charge is 0.259 e. The SMILES string of the molecule is Cc1ccc(NC(=O)c2ccccc2O)cc1C#CCO. The highest BCUT2D eigenvalue weighted by molar-refractivity contribution is 6.06. The van der Waals surface area contributed by atoms with E-state index in [0.29, 0.717) is 5.69 Å². The van der Waals surface area contributed by atoms with Crippen molar-refractivity contribution < 1.29 is 15.0 Å². The first-order valence-corrected chi connectivity index (χ1v) is 6.41. The summed E-state index contributed by atoms with van der Waals surface area (Å²) in [5.74, 6) is 4.95. The van der Waals surface area contributed by atoms with Crippen LogP contribution >= 0.6 is 0 Å². The number of aryl methyl sites for hydroxylation is 1. The summed E-state index contributed by atoms with van der Waals surface area (Å²) in [6, 6.07) is 11.7. The number of phenols is 1. The van der Waals surface area contributed by atoms with Gasteiger partial charge in [-0.15, -0.1) is 0 Å². The average molecular weight is 281 g/mol. The number of aliphatic hydroxyl groups excluding tert-OH is 1. The molecule has 0 aliphatic carbocycles. The lowest BCUT2D eigenvalue weighted by atomic mass is 10.1. The Bertz CT molecular complexity index is 726. The second-order valence-electron chi connectivity index (χ2n) is 4.46. The van der Waals surface area contributed by atoms with Crippen LogP contribution in [0.25, 0.3) is 0 Å². The maximum absolute atomic E-state index is 12.1. The Labute approximate surface area is 123 Å². The van der Waals surface area contributed by atoms with Crippen LogP contribution in [0.5, 0.6) is 5.75 Å². The molecule has 0 aliphatic heterocycles. The van der Waals surface area contributed by atoms with Gasteiger partial charge in [-0.25, -0.2) is 0 Å². The van der Waals surface area contributed by atoms with E-state index in [1.807, 2.05) is 13.0 Å². The predicted molar refractivity (Wildman–Crippen MR) is 81.2 cm³/mol. The van der Waals surface area contributed by atoms with E-state index in [9.17, 15) is 9.90 Å². The molecule has 0 spiro atoms. The largest absolute Gasteiger partial charge is 0.507 e. The second-order valence-corrected chi connectivity index (χ2v) is 4.46. The summed E-state index contributed by atoms with van der Waals surface area (Å²) in [5, 5.41) is 21.1. The maximum atomic E-state index is 12.1. The lowest BCUT2D eigenvalue weighted by Gasteiger charge is -2.08. The average Bonchev–Trinajstić information content (AvgIpc) is 2.48. The number of aliphatic hydroxyl groups is 1. The summed E-state index contributed by atoms with van der Waals surface area (Å²) in [6.45, 7) is 1.68. The number of nitrogens with one attached hydrogen (secondary N) is 1. The van der Waals surface area contributed by atoms with Gasteiger partial charge in [0.1, 0.15) is 12.4 Å². The van der Waals surface area contributed by atoms with Crippen LogP contribution in [0.2, 0.25) is 0 Å². The number of amides is 1. The Morgan fingerprint density at radius 1 is 1.24 bits per heavy atom. The molecule has 1 amide bonds. The first-order chi connectivity index (χ1) is 10.1. The van der Waals surface area contributed by atoms with E-state index >= 15 is 0 Å². The zero-order valence-electron chi connectivity index (χ0n) is 11.6. The number of phenolic OH excluding ortho intramolecular Hbond substituents is 1. The highest BCUT2D eigenvalue weighted by atomic mass is 16.3. The normalized spacial score (nSPS) is 9.62. The predicted octanol–water partition coefficient (Wildman–Crippen LogP) is 2.30. The summed E-state index contributed by atoms with van der Waals surface area (Å²) < 4.78 is 0. The number of carbonyl (C=O) groups is 1. The molecule has 21 heavy (non-hydrogen) atoms. The lowest BCUT2D eigenvalue weighted by molar-refractivity contribution is 0.102. The number of anilines is 1. The molecule has 0 atom stereocenters. The van der Waals surface area contributed by atoms with E-state index in [-0.39, 0.29) is 17.9 Å². The Morgan fingerprint density at radius 2 is 2.00 bits per heavy atom. The quantitative estimate of drug-likeness (QED) is 0.740. The second kappa shape index (κ2) is 6.60. The fourth-order valence-electron chi connectivity index (χ4n) is 1.83. The summed E-state index contributed by atoms with van der Waals surface area (Å²) in [4.78, 5) is 12.1. The number of carbonyl (C=O) groups excluding carboxylic acids is 1. The van der Waals surface area contributed by atoms with E-state index in [4.69, 9.17) is 5.11 Å². The molecule has 0 radical (unpaired) electrons. The van der Waals surface area contributed by atoms with Crippen molar-refractivity contribution in [3.63, 3.8) is 0 Å². The molecule has 0 aliphatic rings. The van der Waals surface area contributed by atoms with Crippen molar-refractivity contribution in [3.8, 4) is 17.6 Å². The molecule has 2 aromatic carbocycles. The maximum Gasteiger partial charge on any atom is 0.259 e. The zero-order chi connectivity index (χ0) is 15.2. The van der Waals surface area contributed by atoms with Gasteiger partial charge in [0.25, 0.3) is 5.91 Å². The third-order valence-electron chi connectivity index (χ3n) is 2.95. The Kier molecular flexibility index (Phi) is 4.60. The summed E-state index contributed by atoms with van der Waals surface area (Å²) in [7, 11) is 0. The van der Waals surface area contributed by atoms with Gasteiger partial charge < -0.3 is 15.5 Å². The summed E-state index contributed by atoms with van der Waals surface area (Å²) in [5.41, 5.74) is 2.48. The Balaban J connectivity index is 2.24. The van der Waals surface area contributed by atoms with Gasteiger partial charge in [-0.3, -0.25) is 4.79 Å². The number of para-hydroxylation sites is 1. The number of aromatic hydroxyl groups is 1. The minimum atomic E-state index is -0.391. The number of hydrogen-bond acceptors (Lipinski definition) is 3. The molecule has 4 nitrogen and oxygen atoms in total. The Morgan fingerprint density at radius 3 is 2.71 bits per heavy atom. The summed E-state index contributed by atoms with van der Waals surface area (Å²) in [6.07, 6.45) is 0. The third kappa shape index (κ3) is 3.62. The van der Waals surface area contributed by atoms with Gasteiger partial charge in [0, 0.05) is 11.3 Å². The molecule has 0 saturated heterocycles.